The van der Waals surface area contributed by atoms with Crippen LogP contribution < -0.4 is 0 Å². The molecule has 1 aromatic carbocycles. The summed E-state index contributed by atoms with van der Waals surface area (Å²) in [5.74, 6) is 0. The van der Waals surface area contributed by atoms with Crippen molar-refractivity contribution in [3.05, 3.63) is 52.6 Å². The topological polar surface area (TPSA) is 20.7 Å². The van der Waals surface area contributed by atoms with Gasteiger partial charge in [0.05, 0.1) is 0 Å². The van der Waals surface area contributed by atoms with Crippen molar-refractivity contribution in [3.63, 3.8) is 0 Å². The van der Waals surface area contributed by atoms with E-state index in [2.05, 4.69) is 40.7 Å². The van der Waals surface area contributed by atoms with E-state index < -0.39 is 0 Å². The minimum absolute atomic E-state index is 0.809. The van der Waals surface area contributed by atoms with Crippen molar-refractivity contribution >= 4 is 12.2 Å². The highest BCUT2D eigenvalue weighted by Crippen LogP contribution is 2.09. The maximum Gasteiger partial charge on any atom is 0.177 e. The third-order valence-electron chi connectivity index (χ3n) is 2.50. The summed E-state index contributed by atoms with van der Waals surface area (Å²) in [6.45, 7) is 3.03. The number of aromatic nitrogens is 2. The van der Waals surface area contributed by atoms with Gasteiger partial charge in [0.25, 0.3) is 0 Å². The molecule has 0 saturated carbocycles. The minimum atomic E-state index is 0.809. The first-order valence-electron chi connectivity index (χ1n) is 5.12. The van der Waals surface area contributed by atoms with Crippen LogP contribution in [0.15, 0.2) is 36.5 Å². The Morgan fingerprint density at radius 3 is 2.67 bits per heavy atom. The normalized spacial score (nSPS) is 10.5. The molecule has 2 rings (SSSR count). The Hall–Kier alpha value is -1.35. The Balaban J connectivity index is 2.29. The molecule has 0 amide bonds. The van der Waals surface area contributed by atoms with Gasteiger partial charge in [0.1, 0.15) is 0 Å². The SMILES string of the molecule is CCn1c(Cc2ccccc2)c[nH]c1=S. The smallest absolute Gasteiger partial charge is 0.177 e. The highest BCUT2D eigenvalue weighted by molar-refractivity contribution is 7.71. The van der Waals surface area contributed by atoms with Crippen LogP contribution in [0.2, 0.25) is 0 Å². The van der Waals surface area contributed by atoms with Gasteiger partial charge in [-0.1, -0.05) is 30.3 Å². The molecular weight excluding hydrogens is 204 g/mol. The van der Waals surface area contributed by atoms with E-state index in [1.54, 1.807) is 0 Å². The molecule has 0 atom stereocenters. The molecule has 3 heteroatoms. The van der Waals surface area contributed by atoms with Crippen LogP contribution in [0.5, 0.6) is 0 Å². The van der Waals surface area contributed by atoms with Crippen LogP contribution in [0.25, 0.3) is 0 Å². The van der Waals surface area contributed by atoms with Gasteiger partial charge < -0.3 is 9.55 Å². The molecular formula is C12H14N2S. The van der Waals surface area contributed by atoms with Crippen LogP contribution in [-0.2, 0) is 13.0 Å². The summed E-state index contributed by atoms with van der Waals surface area (Å²) >= 11 is 5.20. The molecule has 15 heavy (non-hydrogen) atoms. The number of aromatic amines is 1. The lowest BCUT2D eigenvalue weighted by Gasteiger charge is -2.04. The van der Waals surface area contributed by atoms with Crippen molar-refractivity contribution < 1.29 is 0 Å². The van der Waals surface area contributed by atoms with E-state index in [0.717, 1.165) is 17.7 Å². The molecule has 0 fully saturated rings. The predicted octanol–water partition coefficient (Wildman–Crippen LogP) is 3.16. The van der Waals surface area contributed by atoms with Crippen molar-refractivity contribution in [2.45, 2.75) is 19.9 Å². The van der Waals surface area contributed by atoms with Gasteiger partial charge in [-0.05, 0) is 24.7 Å². The summed E-state index contributed by atoms with van der Waals surface area (Å²) in [6, 6.07) is 10.4. The lowest BCUT2D eigenvalue weighted by atomic mass is 10.1. The number of rotatable bonds is 3. The van der Waals surface area contributed by atoms with Crippen LogP contribution >= 0.6 is 12.2 Å². The fourth-order valence-electron chi connectivity index (χ4n) is 1.73. The molecule has 2 aromatic rings. The second kappa shape index (κ2) is 4.45. The standard InChI is InChI=1S/C12H14N2S/c1-2-14-11(9-13-12(14)15)8-10-6-4-3-5-7-10/h3-7,9H,2,8H2,1H3,(H,13,15). The van der Waals surface area contributed by atoms with Gasteiger partial charge in [0, 0.05) is 24.9 Å². The Bertz CT molecular complexity index is 482. The molecule has 0 aliphatic heterocycles. The van der Waals surface area contributed by atoms with Crippen molar-refractivity contribution in [2.24, 2.45) is 0 Å². The average Bonchev–Trinajstić information content (AvgIpc) is 2.61. The second-order valence-electron chi connectivity index (χ2n) is 3.49. The molecule has 0 bridgehead atoms. The molecule has 0 spiro atoms. The van der Waals surface area contributed by atoms with Crippen LogP contribution in [0.1, 0.15) is 18.2 Å². The fourth-order valence-corrected chi connectivity index (χ4v) is 2.03. The van der Waals surface area contributed by atoms with Gasteiger partial charge >= 0.3 is 0 Å². The number of nitrogens with zero attached hydrogens (tertiary/aromatic N) is 1. The molecule has 1 heterocycles. The van der Waals surface area contributed by atoms with Gasteiger partial charge in [0.15, 0.2) is 4.77 Å². The van der Waals surface area contributed by atoms with Crippen LogP contribution in [0.4, 0.5) is 0 Å². The van der Waals surface area contributed by atoms with Crippen molar-refractivity contribution in [1.82, 2.24) is 9.55 Å². The molecule has 1 aromatic heterocycles. The Morgan fingerprint density at radius 2 is 2.00 bits per heavy atom. The summed E-state index contributed by atoms with van der Waals surface area (Å²) in [5.41, 5.74) is 2.56. The van der Waals surface area contributed by atoms with Gasteiger partial charge in [-0.25, -0.2) is 0 Å². The van der Waals surface area contributed by atoms with Crippen molar-refractivity contribution in [2.75, 3.05) is 0 Å². The molecule has 0 saturated heterocycles. The van der Waals surface area contributed by atoms with Gasteiger partial charge in [-0.3, -0.25) is 0 Å². The number of hydrogen-bond acceptors (Lipinski definition) is 1. The predicted molar refractivity (Wildman–Crippen MR) is 64.5 cm³/mol. The molecule has 2 nitrogen and oxygen atoms in total. The van der Waals surface area contributed by atoms with Crippen LogP contribution in [-0.4, -0.2) is 9.55 Å². The molecule has 1 N–H and O–H groups in total. The quantitative estimate of drug-likeness (QED) is 0.785. The minimum Gasteiger partial charge on any atom is -0.337 e. The van der Waals surface area contributed by atoms with Crippen LogP contribution in [0, 0.1) is 4.77 Å². The number of hydrogen-bond donors (Lipinski definition) is 1. The summed E-state index contributed by atoms with van der Waals surface area (Å²) in [4.78, 5) is 3.09. The third kappa shape index (κ3) is 2.18. The van der Waals surface area contributed by atoms with Crippen molar-refractivity contribution in [1.29, 1.82) is 0 Å². The zero-order valence-electron chi connectivity index (χ0n) is 8.73. The van der Waals surface area contributed by atoms with E-state index in [1.807, 2.05) is 12.3 Å². The fraction of sp³-hybridized carbons (Fsp3) is 0.250. The first-order chi connectivity index (χ1) is 7.31. The zero-order chi connectivity index (χ0) is 10.7. The lowest BCUT2D eigenvalue weighted by Crippen LogP contribution is -2.01. The second-order valence-corrected chi connectivity index (χ2v) is 3.88. The average molecular weight is 218 g/mol. The number of imidazole rings is 1. The summed E-state index contributed by atoms with van der Waals surface area (Å²) in [7, 11) is 0. The summed E-state index contributed by atoms with van der Waals surface area (Å²) < 4.78 is 2.94. The van der Waals surface area contributed by atoms with E-state index in [4.69, 9.17) is 12.2 Å². The van der Waals surface area contributed by atoms with Gasteiger partial charge in [-0.2, -0.15) is 0 Å². The first-order valence-corrected chi connectivity index (χ1v) is 5.53. The molecule has 0 unspecified atom stereocenters. The highest BCUT2D eigenvalue weighted by atomic mass is 32.1. The van der Waals surface area contributed by atoms with E-state index >= 15 is 0 Å². The Labute approximate surface area is 94.6 Å². The third-order valence-corrected chi connectivity index (χ3v) is 2.84. The van der Waals surface area contributed by atoms with E-state index in [9.17, 15) is 0 Å². The molecule has 0 aliphatic rings. The number of benzene rings is 1. The zero-order valence-corrected chi connectivity index (χ0v) is 9.55. The highest BCUT2D eigenvalue weighted by Gasteiger charge is 2.02. The molecule has 78 valence electrons. The number of H-pyrrole nitrogens is 1. The van der Waals surface area contributed by atoms with Gasteiger partial charge in [-0.15, -0.1) is 0 Å². The largest absolute Gasteiger partial charge is 0.337 e. The van der Waals surface area contributed by atoms with E-state index in [0.29, 0.717) is 0 Å². The Kier molecular flexibility index (Phi) is 3.02. The summed E-state index contributed by atoms with van der Waals surface area (Å²) in [5, 5.41) is 0. The Morgan fingerprint density at radius 1 is 1.27 bits per heavy atom. The molecule has 0 aliphatic carbocycles. The van der Waals surface area contributed by atoms with E-state index in [-0.39, 0.29) is 0 Å². The first kappa shape index (κ1) is 10.2. The number of nitrogens with one attached hydrogen (secondary N) is 1. The van der Waals surface area contributed by atoms with Crippen LogP contribution in [0.3, 0.4) is 0 Å². The summed E-state index contributed by atoms with van der Waals surface area (Å²) in [6.07, 6.45) is 2.93. The monoisotopic (exact) mass is 218 g/mol. The van der Waals surface area contributed by atoms with Crippen molar-refractivity contribution in [3.8, 4) is 0 Å². The lowest BCUT2D eigenvalue weighted by molar-refractivity contribution is 0.713. The maximum absolute atomic E-state index is 5.20. The van der Waals surface area contributed by atoms with E-state index in [1.165, 1.54) is 11.3 Å². The molecule has 0 radical (unpaired) electrons. The van der Waals surface area contributed by atoms with Gasteiger partial charge in [0.2, 0.25) is 0 Å². The maximum atomic E-state index is 5.20.